The molecule has 1 aliphatic heterocycles. The van der Waals surface area contributed by atoms with E-state index in [0.717, 1.165) is 24.5 Å². The van der Waals surface area contributed by atoms with Gasteiger partial charge in [-0.15, -0.1) is 4.67 Å². The molecule has 2 rings (SSSR count). The Balaban J connectivity index is 2.45. The Morgan fingerprint density at radius 2 is 1.78 bits per heavy atom. The number of rotatable bonds is 11. The number of H-pyrrole nitrogens is 1. The molecule has 1 aromatic rings. The van der Waals surface area contributed by atoms with Gasteiger partial charge in [0.25, 0.3) is 5.56 Å². The molecular formula is C22H34N4O9P+. The van der Waals surface area contributed by atoms with Crippen LogP contribution in [0.25, 0.3) is 0 Å². The highest BCUT2D eigenvalue weighted by Crippen LogP contribution is 2.61. The fourth-order valence-corrected chi connectivity index (χ4v) is 7.01. The van der Waals surface area contributed by atoms with Crippen LogP contribution in [0.3, 0.4) is 0 Å². The molecule has 1 saturated heterocycles. The first kappa shape index (κ1) is 29.6. The van der Waals surface area contributed by atoms with E-state index in [9.17, 15) is 24.1 Å². The van der Waals surface area contributed by atoms with E-state index in [0.29, 0.717) is 0 Å². The SMILES string of the molecule is CC(=O)O[C@@H]1[C@H](OC(C)=O)[C@@H](CO[P+](O)(CCC#N)N(C(C)C)C(C)C)O[C@H]1n1ccc(=O)[nH]c1=O. The molecule has 0 amide bonds. The van der Waals surface area contributed by atoms with Crippen molar-refractivity contribution in [2.45, 2.75) is 84.6 Å². The Kier molecular flexibility index (Phi) is 10.3. The number of aromatic amines is 1. The Bertz CT molecular complexity index is 1070. The van der Waals surface area contributed by atoms with Gasteiger partial charge in [0.2, 0.25) is 0 Å². The van der Waals surface area contributed by atoms with Crippen LogP contribution in [0.5, 0.6) is 0 Å². The highest BCUT2D eigenvalue weighted by Gasteiger charge is 2.54. The lowest BCUT2D eigenvalue weighted by atomic mass is 10.1. The molecular weight excluding hydrogens is 495 g/mol. The average molecular weight is 530 g/mol. The van der Waals surface area contributed by atoms with Gasteiger partial charge in [-0.05, 0) is 27.7 Å². The molecule has 1 unspecified atom stereocenters. The highest BCUT2D eigenvalue weighted by molar-refractivity contribution is 7.63. The zero-order valence-electron chi connectivity index (χ0n) is 21.2. The minimum absolute atomic E-state index is 0.0462. The molecule has 1 aliphatic rings. The molecule has 0 aliphatic carbocycles. The van der Waals surface area contributed by atoms with Crippen molar-refractivity contribution in [1.82, 2.24) is 14.2 Å². The fraction of sp³-hybridized carbons (Fsp3) is 0.682. The maximum atomic E-state index is 12.4. The summed E-state index contributed by atoms with van der Waals surface area (Å²) in [5.74, 6) is -1.41. The zero-order chi connectivity index (χ0) is 27.2. The van der Waals surface area contributed by atoms with Crippen molar-refractivity contribution in [3.8, 4) is 6.07 Å². The van der Waals surface area contributed by atoms with E-state index in [2.05, 4.69) is 4.98 Å². The van der Waals surface area contributed by atoms with Gasteiger partial charge in [0.1, 0.15) is 18.9 Å². The average Bonchev–Trinajstić information content (AvgIpc) is 3.06. The Hall–Kier alpha value is -2.62. The highest BCUT2D eigenvalue weighted by atomic mass is 31.2. The standard InChI is InChI=1S/C22H33N4O9P/c1-13(2)26(14(3)4)36(31,11-7-9-23)32-12-17-19(33-15(5)27)20(34-16(6)28)21(35-17)25-10-8-18(29)24-22(25)30/h8,10,13-14,17,19-21,31H,7,11-12H2,1-6H3/p+1/t17-,19-,20-,21-,36?/m1/s1. The summed E-state index contributed by atoms with van der Waals surface area (Å²) in [6.45, 7) is 9.59. The lowest BCUT2D eigenvalue weighted by Crippen LogP contribution is -2.43. The summed E-state index contributed by atoms with van der Waals surface area (Å²) < 4.78 is 25.6. The van der Waals surface area contributed by atoms with Gasteiger partial charge in [0.15, 0.2) is 18.4 Å². The maximum Gasteiger partial charge on any atom is 0.346 e. The number of carbonyl (C=O) groups is 2. The van der Waals surface area contributed by atoms with Crippen molar-refractivity contribution in [1.29, 1.82) is 5.26 Å². The van der Waals surface area contributed by atoms with E-state index in [4.69, 9.17) is 24.0 Å². The largest absolute Gasteiger partial charge is 0.456 e. The summed E-state index contributed by atoms with van der Waals surface area (Å²) in [4.78, 5) is 61.4. The molecule has 13 nitrogen and oxygen atoms in total. The number of hydrogen-bond acceptors (Lipinski definition) is 11. The first-order chi connectivity index (χ1) is 16.8. The van der Waals surface area contributed by atoms with E-state index in [-0.39, 0.29) is 31.3 Å². The minimum atomic E-state index is -3.31. The predicted molar refractivity (Wildman–Crippen MR) is 129 cm³/mol. The summed E-state index contributed by atoms with van der Waals surface area (Å²) in [5, 5.41) is 9.13. The summed E-state index contributed by atoms with van der Waals surface area (Å²) in [6.07, 6.45) is -3.46. The van der Waals surface area contributed by atoms with Gasteiger partial charge >= 0.3 is 25.5 Å². The van der Waals surface area contributed by atoms with Gasteiger partial charge in [-0.2, -0.15) is 9.79 Å². The van der Waals surface area contributed by atoms with E-state index < -0.39 is 55.6 Å². The van der Waals surface area contributed by atoms with Crippen LogP contribution in [0, 0.1) is 11.3 Å². The zero-order valence-corrected chi connectivity index (χ0v) is 22.1. The third kappa shape index (κ3) is 7.21. The molecule has 2 N–H and O–H groups in total. The molecule has 0 bridgehead atoms. The molecule has 5 atom stereocenters. The molecule has 0 radical (unpaired) electrons. The maximum absolute atomic E-state index is 12.4. The predicted octanol–water partition coefficient (Wildman–Crippen LogP) is 1.10. The van der Waals surface area contributed by atoms with Crippen molar-refractivity contribution in [2.75, 3.05) is 12.8 Å². The second kappa shape index (κ2) is 12.6. The summed E-state index contributed by atoms with van der Waals surface area (Å²) in [7, 11) is -3.31. The number of ether oxygens (including phenoxy) is 3. The monoisotopic (exact) mass is 529 g/mol. The smallest absolute Gasteiger partial charge is 0.346 e. The molecule has 0 aromatic carbocycles. The quantitative estimate of drug-likeness (QED) is 0.310. The van der Waals surface area contributed by atoms with E-state index in [1.54, 1.807) is 4.67 Å². The van der Waals surface area contributed by atoms with Gasteiger partial charge in [-0.25, -0.2) is 9.69 Å². The van der Waals surface area contributed by atoms with Crippen molar-refractivity contribution in [3.05, 3.63) is 33.1 Å². The Morgan fingerprint density at radius 3 is 2.28 bits per heavy atom. The van der Waals surface area contributed by atoms with E-state index >= 15 is 0 Å². The Labute approximate surface area is 209 Å². The van der Waals surface area contributed by atoms with Crippen LogP contribution in [-0.4, -0.2) is 74.2 Å². The molecule has 36 heavy (non-hydrogen) atoms. The number of aromatic nitrogens is 2. The molecule has 1 aromatic heterocycles. The van der Waals surface area contributed by atoms with Gasteiger partial charge in [0.05, 0.1) is 12.5 Å². The van der Waals surface area contributed by atoms with Crippen LogP contribution in [0.1, 0.15) is 54.2 Å². The first-order valence-electron chi connectivity index (χ1n) is 11.5. The van der Waals surface area contributed by atoms with Crippen LogP contribution in [0.2, 0.25) is 0 Å². The summed E-state index contributed by atoms with van der Waals surface area (Å²) in [6, 6.07) is 2.89. The Morgan fingerprint density at radius 1 is 1.19 bits per heavy atom. The van der Waals surface area contributed by atoms with Crippen molar-refractivity contribution in [3.63, 3.8) is 0 Å². The normalized spacial score (nSPS) is 23.5. The molecule has 0 spiro atoms. The molecule has 14 heteroatoms. The van der Waals surface area contributed by atoms with Gasteiger partial charge in [0, 0.05) is 38.2 Å². The molecule has 1 fully saturated rings. The second-order valence-electron chi connectivity index (χ2n) is 8.89. The molecule has 200 valence electrons. The van der Waals surface area contributed by atoms with Gasteiger partial charge < -0.3 is 14.2 Å². The fourth-order valence-electron chi connectivity index (χ4n) is 4.30. The van der Waals surface area contributed by atoms with Crippen LogP contribution in [0.15, 0.2) is 21.9 Å². The third-order valence-electron chi connectivity index (χ3n) is 5.39. The van der Waals surface area contributed by atoms with Gasteiger partial charge in [-0.3, -0.25) is 23.9 Å². The summed E-state index contributed by atoms with van der Waals surface area (Å²) in [5.41, 5.74) is -1.46. The molecule has 2 heterocycles. The van der Waals surface area contributed by atoms with E-state index in [1.165, 1.54) is 6.20 Å². The molecule has 0 saturated carbocycles. The number of carbonyl (C=O) groups excluding carboxylic acids is 2. The minimum Gasteiger partial charge on any atom is -0.456 e. The lowest BCUT2D eigenvalue weighted by Gasteiger charge is -2.35. The number of nitriles is 1. The lowest BCUT2D eigenvalue weighted by molar-refractivity contribution is -0.165. The van der Waals surface area contributed by atoms with E-state index in [1.807, 2.05) is 33.8 Å². The number of hydrogen-bond donors (Lipinski definition) is 2. The second-order valence-corrected chi connectivity index (χ2v) is 11.4. The van der Waals surface area contributed by atoms with Crippen LogP contribution in [-0.2, 0) is 28.3 Å². The van der Waals surface area contributed by atoms with Crippen LogP contribution in [0.4, 0.5) is 0 Å². The van der Waals surface area contributed by atoms with Crippen molar-refractivity contribution < 1.29 is 33.2 Å². The van der Waals surface area contributed by atoms with Gasteiger partial charge in [-0.1, -0.05) is 0 Å². The summed E-state index contributed by atoms with van der Waals surface area (Å²) >= 11 is 0. The number of esters is 2. The topological polar surface area (TPSA) is 173 Å². The van der Waals surface area contributed by atoms with Crippen LogP contribution >= 0.6 is 7.87 Å². The van der Waals surface area contributed by atoms with Crippen molar-refractivity contribution >= 4 is 19.8 Å². The number of nitrogens with zero attached hydrogens (tertiary/aromatic N) is 3. The number of nitrogens with one attached hydrogen (secondary N) is 1. The van der Waals surface area contributed by atoms with Crippen LogP contribution < -0.4 is 11.2 Å². The third-order valence-corrected chi connectivity index (χ3v) is 8.41. The first-order valence-corrected chi connectivity index (χ1v) is 13.3. The van der Waals surface area contributed by atoms with Crippen molar-refractivity contribution in [2.24, 2.45) is 0 Å².